The minimum absolute atomic E-state index is 0.0517. The second-order valence-electron chi connectivity index (χ2n) is 15.8. The summed E-state index contributed by atoms with van der Waals surface area (Å²) < 4.78 is 0. The molecule has 3 fully saturated rings. The van der Waals surface area contributed by atoms with Crippen molar-refractivity contribution in [3.05, 3.63) is 131 Å². The number of hydrogen-bond donors (Lipinski definition) is 2. The maximum atomic E-state index is 13.6. The van der Waals surface area contributed by atoms with E-state index in [1.165, 1.54) is 5.56 Å². The number of fused-ring (bicyclic) bond motifs is 1. The molecule has 3 aliphatic heterocycles. The van der Waals surface area contributed by atoms with Gasteiger partial charge in [0.15, 0.2) is 11.6 Å². The molecule has 1 unspecified atom stereocenters. The number of rotatable bonds is 13. The Morgan fingerprint density at radius 2 is 1.34 bits per heavy atom. The summed E-state index contributed by atoms with van der Waals surface area (Å²) in [7, 11) is 1.78. The van der Waals surface area contributed by atoms with E-state index in [9.17, 15) is 19.2 Å². The van der Waals surface area contributed by atoms with E-state index in [4.69, 9.17) is 0 Å². The van der Waals surface area contributed by atoms with Gasteiger partial charge in [-0.05, 0) is 91.7 Å². The molecule has 0 spiro atoms. The average Bonchev–Trinajstić information content (AvgIpc) is 4.06. The lowest BCUT2D eigenvalue weighted by Crippen LogP contribution is -2.46. The highest BCUT2D eigenvalue weighted by molar-refractivity contribution is 5.94. The van der Waals surface area contributed by atoms with Crippen molar-refractivity contribution >= 4 is 34.3 Å². The minimum atomic E-state index is -0.485. The van der Waals surface area contributed by atoms with Crippen molar-refractivity contribution in [2.24, 2.45) is 5.92 Å². The summed E-state index contributed by atoms with van der Waals surface area (Å²) in [6.45, 7) is 3.73. The summed E-state index contributed by atoms with van der Waals surface area (Å²) in [5.74, 6) is 0.197. The van der Waals surface area contributed by atoms with Gasteiger partial charge in [0.2, 0.25) is 11.8 Å². The van der Waals surface area contributed by atoms with Gasteiger partial charge < -0.3 is 20.1 Å². The molecule has 1 aromatic heterocycles. The molecule has 2 amide bonds. The largest absolute Gasteiger partial charge is 0.355 e. The Bertz CT molecular complexity index is 2180. The van der Waals surface area contributed by atoms with Gasteiger partial charge in [-0.25, -0.2) is 0 Å². The van der Waals surface area contributed by atoms with Crippen LogP contribution < -0.4 is 5.32 Å². The Balaban J connectivity index is 0.868. The van der Waals surface area contributed by atoms with Crippen molar-refractivity contribution in [1.82, 2.24) is 25.0 Å². The average molecular weight is 750 g/mol. The zero-order valence-electron chi connectivity index (χ0n) is 32.2. The van der Waals surface area contributed by atoms with E-state index in [0.717, 1.165) is 84.2 Å². The minimum Gasteiger partial charge on any atom is -0.355 e. The summed E-state index contributed by atoms with van der Waals surface area (Å²) in [6.07, 6.45) is 4.49. The second kappa shape index (κ2) is 16.8. The van der Waals surface area contributed by atoms with Crippen LogP contribution in [0.5, 0.6) is 0 Å². The highest BCUT2D eigenvalue weighted by atomic mass is 16.2. The fourth-order valence-corrected chi connectivity index (χ4v) is 9.12. The molecule has 288 valence electrons. The zero-order chi connectivity index (χ0) is 38.6. The number of nitrogens with zero attached hydrogens (tertiary/aromatic N) is 3. The van der Waals surface area contributed by atoms with Crippen LogP contribution in [0.2, 0.25) is 0 Å². The number of aromatic nitrogens is 1. The number of benzene rings is 4. The standard InChI is InChI=1S/C47H51N5O4/c1-48-45(36-12-6-3-7-13-36)47(56)52-24-9-15-42(52)44(54)28-34-18-21-39-38(26-34)29-40(49-39)35-19-16-32(17-20-35)27-43(53)41-14-8-23-51(41)46(55)37-22-25-50(31-37)30-33-10-4-2-5-11-33/h2-7,10-13,16-21,26,29,37,41-42,45,48-49H,8-9,14-15,22-25,27-28,30-31H2,1H3/t37?,41-,42-,45+/m0/s1. The quantitative estimate of drug-likeness (QED) is 0.142. The van der Waals surface area contributed by atoms with Gasteiger partial charge in [0.25, 0.3) is 0 Å². The molecule has 3 aliphatic rings. The number of likely N-dealkylation sites (tertiary alicyclic amines) is 3. The van der Waals surface area contributed by atoms with Crippen molar-refractivity contribution in [3.8, 4) is 11.3 Å². The van der Waals surface area contributed by atoms with Crippen LogP contribution >= 0.6 is 0 Å². The van der Waals surface area contributed by atoms with E-state index in [-0.39, 0.29) is 41.8 Å². The maximum Gasteiger partial charge on any atom is 0.244 e. The van der Waals surface area contributed by atoms with E-state index >= 15 is 0 Å². The van der Waals surface area contributed by atoms with E-state index < -0.39 is 12.1 Å². The highest BCUT2D eigenvalue weighted by Gasteiger charge is 2.39. The van der Waals surface area contributed by atoms with E-state index in [2.05, 4.69) is 51.6 Å². The first kappa shape index (κ1) is 37.5. The van der Waals surface area contributed by atoms with Crippen LogP contribution in [0.15, 0.2) is 109 Å². The topological polar surface area (TPSA) is 106 Å². The Morgan fingerprint density at radius 1 is 0.696 bits per heavy atom. The number of likely N-dealkylation sites (N-methyl/N-ethyl adjacent to an activating group) is 1. The summed E-state index contributed by atoms with van der Waals surface area (Å²) in [6, 6.07) is 35.0. The van der Waals surface area contributed by atoms with Gasteiger partial charge in [-0.15, -0.1) is 0 Å². The third-order valence-electron chi connectivity index (χ3n) is 12.1. The number of aromatic amines is 1. The monoisotopic (exact) mass is 749 g/mol. The second-order valence-corrected chi connectivity index (χ2v) is 15.8. The van der Waals surface area contributed by atoms with Gasteiger partial charge in [0.1, 0.15) is 6.04 Å². The number of carbonyl (C=O) groups excluding carboxylic acids is 4. The first-order valence-corrected chi connectivity index (χ1v) is 20.2. The first-order chi connectivity index (χ1) is 27.3. The van der Waals surface area contributed by atoms with Gasteiger partial charge >= 0.3 is 0 Å². The predicted molar refractivity (Wildman–Crippen MR) is 219 cm³/mol. The van der Waals surface area contributed by atoms with E-state index in [1.54, 1.807) is 11.9 Å². The van der Waals surface area contributed by atoms with E-state index in [0.29, 0.717) is 25.9 Å². The molecular weight excluding hydrogens is 699 g/mol. The molecule has 0 bridgehead atoms. The molecule has 4 heterocycles. The first-order valence-electron chi connectivity index (χ1n) is 20.2. The zero-order valence-corrected chi connectivity index (χ0v) is 32.2. The normalized spacial score (nSPS) is 20.5. The number of ketones is 2. The molecule has 0 saturated carbocycles. The molecule has 5 aromatic rings. The lowest BCUT2D eigenvalue weighted by Gasteiger charge is -2.28. The number of amides is 2. The Hall–Kier alpha value is -5.38. The lowest BCUT2D eigenvalue weighted by molar-refractivity contribution is -0.140. The molecule has 0 aliphatic carbocycles. The molecule has 8 rings (SSSR count). The van der Waals surface area contributed by atoms with Crippen molar-refractivity contribution < 1.29 is 19.2 Å². The van der Waals surface area contributed by atoms with Crippen LogP contribution in [0.3, 0.4) is 0 Å². The van der Waals surface area contributed by atoms with Crippen LogP contribution in [0.4, 0.5) is 0 Å². The third kappa shape index (κ3) is 8.11. The molecule has 3 saturated heterocycles. The highest BCUT2D eigenvalue weighted by Crippen LogP contribution is 2.30. The number of carbonyl (C=O) groups is 4. The van der Waals surface area contributed by atoms with Crippen molar-refractivity contribution in [3.63, 3.8) is 0 Å². The fraction of sp³-hybridized carbons (Fsp3) is 0.362. The van der Waals surface area contributed by atoms with Crippen LogP contribution in [0, 0.1) is 5.92 Å². The maximum absolute atomic E-state index is 13.6. The smallest absolute Gasteiger partial charge is 0.244 e. The molecule has 0 radical (unpaired) electrons. The molecule has 4 atom stereocenters. The molecule has 9 heteroatoms. The van der Waals surface area contributed by atoms with Crippen molar-refractivity contribution in [1.29, 1.82) is 0 Å². The number of Topliss-reactive ketones (excluding diaryl/α,β-unsaturated/α-hetero) is 2. The summed E-state index contributed by atoms with van der Waals surface area (Å²) in [5, 5.41) is 4.16. The van der Waals surface area contributed by atoms with Gasteiger partial charge in [0.05, 0.1) is 18.0 Å². The molecule has 9 nitrogen and oxygen atoms in total. The Morgan fingerprint density at radius 3 is 2.05 bits per heavy atom. The van der Waals surface area contributed by atoms with Crippen molar-refractivity contribution in [2.45, 2.75) is 69.6 Å². The van der Waals surface area contributed by atoms with Gasteiger partial charge in [-0.2, -0.15) is 0 Å². The van der Waals surface area contributed by atoms with E-state index in [1.807, 2.05) is 77.7 Å². The summed E-state index contributed by atoms with van der Waals surface area (Å²) in [5.41, 5.74) is 6.95. The van der Waals surface area contributed by atoms with Crippen LogP contribution in [0.1, 0.15) is 60.4 Å². The molecule has 4 aromatic carbocycles. The SMILES string of the molecule is CN[C@@H](C(=O)N1CCC[C@H]1C(=O)Cc1ccc2[nH]c(-c3ccc(CC(=O)[C@@H]4CCCN4C(=O)C4CCN(Cc5ccccc5)C4)cc3)cc2c1)c1ccccc1. The number of H-pyrrole nitrogens is 1. The van der Waals surface area contributed by atoms with Gasteiger partial charge in [-0.3, -0.25) is 24.1 Å². The fourth-order valence-electron chi connectivity index (χ4n) is 9.12. The number of nitrogens with one attached hydrogen (secondary N) is 2. The van der Waals surface area contributed by atoms with Gasteiger partial charge in [-0.1, -0.05) is 91.0 Å². The van der Waals surface area contributed by atoms with Crippen molar-refractivity contribution in [2.75, 3.05) is 33.2 Å². The Kier molecular flexibility index (Phi) is 11.2. The van der Waals surface area contributed by atoms with Gasteiger partial charge in [0, 0.05) is 55.6 Å². The molecule has 56 heavy (non-hydrogen) atoms. The predicted octanol–water partition coefficient (Wildman–Crippen LogP) is 6.52. The lowest BCUT2D eigenvalue weighted by atomic mass is 9.99. The van der Waals surface area contributed by atoms with Crippen LogP contribution in [-0.4, -0.2) is 88.4 Å². The Labute approximate surface area is 329 Å². The molecular formula is C47H51N5O4. The third-order valence-corrected chi connectivity index (χ3v) is 12.1. The van der Waals surface area contributed by atoms with Crippen LogP contribution in [0.25, 0.3) is 22.2 Å². The summed E-state index contributed by atoms with van der Waals surface area (Å²) >= 11 is 0. The van der Waals surface area contributed by atoms with Crippen LogP contribution in [-0.2, 0) is 38.6 Å². The summed E-state index contributed by atoms with van der Waals surface area (Å²) in [4.78, 5) is 64.0. The molecule has 2 N–H and O–H groups in total. The number of hydrogen-bond acceptors (Lipinski definition) is 6.